The molecule has 1 rings (SSSR count). The van der Waals surface area contributed by atoms with Gasteiger partial charge >= 0.3 is 0 Å². The van der Waals surface area contributed by atoms with E-state index in [4.69, 9.17) is 27.4 Å². The fourth-order valence-corrected chi connectivity index (χ4v) is 1.67. The summed E-state index contributed by atoms with van der Waals surface area (Å²) in [6.07, 6.45) is 0.274. The summed E-state index contributed by atoms with van der Waals surface area (Å²) in [6, 6.07) is 5.09. The van der Waals surface area contributed by atoms with Crippen molar-refractivity contribution in [1.29, 1.82) is 0 Å². The van der Waals surface area contributed by atoms with Crippen molar-refractivity contribution < 1.29 is 14.3 Å². The fraction of sp³-hybridized carbons (Fsp3) is 0.429. The summed E-state index contributed by atoms with van der Waals surface area (Å²) in [5, 5.41) is 2.77. The summed E-state index contributed by atoms with van der Waals surface area (Å²) in [6.45, 7) is 4.30. The Kier molecular flexibility index (Phi) is 6.24. The van der Waals surface area contributed by atoms with E-state index >= 15 is 0 Å². The number of carbonyl (C=O) groups is 1. The van der Waals surface area contributed by atoms with Crippen LogP contribution in [-0.4, -0.2) is 30.7 Å². The molecule has 0 aliphatic heterocycles. The molecule has 0 bridgehead atoms. The molecular weight excluding hydrogens is 276 g/mol. The van der Waals surface area contributed by atoms with Crippen LogP contribution in [0, 0.1) is 0 Å². The lowest BCUT2D eigenvalue weighted by molar-refractivity contribution is -0.127. The van der Waals surface area contributed by atoms with Crippen LogP contribution in [0.15, 0.2) is 18.2 Å². The molecule has 0 saturated heterocycles. The highest BCUT2D eigenvalue weighted by Gasteiger charge is 2.15. The van der Waals surface area contributed by atoms with Gasteiger partial charge in [-0.05, 0) is 25.5 Å². The van der Waals surface area contributed by atoms with Gasteiger partial charge in [0, 0.05) is 18.2 Å². The van der Waals surface area contributed by atoms with Crippen LogP contribution in [0.25, 0.3) is 0 Å². The molecule has 1 amide bonds. The molecule has 0 radical (unpaired) electrons. The first-order valence-electron chi connectivity index (χ1n) is 6.41. The van der Waals surface area contributed by atoms with E-state index in [0.717, 1.165) is 6.42 Å². The van der Waals surface area contributed by atoms with Crippen LogP contribution in [0.3, 0.4) is 0 Å². The van der Waals surface area contributed by atoms with Crippen molar-refractivity contribution >= 4 is 23.1 Å². The van der Waals surface area contributed by atoms with Crippen molar-refractivity contribution in [3.8, 4) is 11.5 Å². The normalized spacial score (nSPS) is 11.6. The topological polar surface area (TPSA) is 73.6 Å². The lowest BCUT2D eigenvalue weighted by atomic mass is 10.2. The summed E-state index contributed by atoms with van der Waals surface area (Å²) >= 11 is 4.94. The van der Waals surface area contributed by atoms with Gasteiger partial charge in [-0.1, -0.05) is 19.1 Å². The first-order chi connectivity index (χ1) is 9.47. The summed E-state index contributed by atoms with van der Waals surface area (Å²) in [7, 11) is 1.54. The smallest absolute Gasteiger partial charge is 0.260 e. The zero-order valence-electron chi connectivity index (χ0n) is 11.9. The Morgan fingerprint density at radius 1 is 1.40 bits per heavy atom. The van der Waals surface area contributed by atoms with E-state index in [1.165, 1.54) is 0 Å². The Bertz CT molecular complexity index is 491. The van der Waals surface area contributed by atoms with Crippen molar-refractivity contribution in [3.05, 3.63) is 23.8 Å². The second-order valence-electron chi connectivity index (χ2n) is 4.31. The fourth-order valence-electron chi connectivity index (χ4n) is 1.55. The van der Waals surface area contributed by atoms with E-state index in [0.29, 0.717) is 23.6 Å². The van der Waals surface area contributed by atoms with E-state index in [9.17, 15) is 4.79 Å². The molecule has 0 aliphatic rings. The lowest BCUT2D eigenvalue weighted by Gasteiger charge is -2.16. The minimum atomic E-state index is -0.604. The number of nitrogens with one attached hydrogen (secondary N) is 1. The molecule has 0 saturated carbocycles. The van der Waals surface area contributed by atoms with Crippen molar-refractivity contribution in [2.24, 2.45) is 5.73 Å². The number of rotatable bonds is 7. The molecule has 6 heteroatoms. The van der Waals surface area contributed by atoms with Gasteiger partial charge in [0.1, 0.15) is 16.5 Å². The molecule has 1 aromatic rings. The second kappa shape index (κ2) is 7.69. The van der Waals surface area contributed by atoms with Gasteiger partial charge in [0.05, 0.1) is 7.11 Å². The molecule has 0 aromatic heterocycles. The monoisotopic (exact) mass is 296 g/mol. The number of hydrogen-bond acceptors (Lipinski definition) is 4. The average molecular weight is 296 g/mol. The van der Waals surface area contributed by atoms with Gasteiger partial charge in [-0.2, -0.15) is 0 Å². The maximum Gasteiger partial charge on any atom is 0.260 e. The predicted octanol–water partition coefficient (Wildman–Crippen LogP) is 1.62. The largest absolute Gasteiger partial charge is 0.497 e. The zero-order chi connectivity index (χ0) is 15.1. The Labute approximate surface area is 124 Å². The second-order valence-corrected chi connectivity index (χ2v) is 4.75. The van der Waals surface area contributed by atoms with E-state index in [2.05, 4.69) is 5.32 Å². The highest BCUT2D eigenvalue weighted by molar-refractivity contribution is 7.80. The van der Waals surface area contributed by atoms with Crippen LogP contribution in [0.4, 0.5) is 0 Å². The summed E-state index contributed by atoms with van der Waals surface area (Å²) < 4.78 is 10.8. The van der Waals surface area contributed by atoms with Gasteiger partial charge in [0.2, 0.25) is 0 Å². The maximum absolute atomic E-state index is 11.8. The van der Waals surface area contributed by atoms with Crippen molar-refractivity contribution in [2.45, 2.75) is 26.4 Å². The van der Waals surface area contributed by atoms with Gasteiger partial charge in [-0.25, -0.2) is 0 Å². The molecule has 110 valence electrons. The third-order valence-corrected chi connectivity index (χ3v) is 2.87. The Morgan fingerprint density at radius 3 is 2.60 bits per heavy atom. The Morgan fingerprint density at radius 2 is 2.05 bits per heavy atom. The van der Waals surface area contributed by atoms with Crippen molar-refractivity contribution in [1.82, 2.24) is 5.32 Å². The number of benzene rings is 1. The highest BCUT2D eigenvalue weighted by Crippen LogP contribution is 2.23. The van der Waals surface area contributed by atoms with E-state index in [1.807, 2.05) is 6.92 Å². The van der Waals surface area contributed by atoms with Crippen LogP contribution < -0.4 is 20.5 Å². The number of amides is 1. The minimum absolute atomic E-state index is 0.161. The summed E-state index contributed by atoms with van der Waals surface area (Å²) in [4.78, 5) is 12.0. The van der Waals surface area contributed by atoms with E-state index in [1.54, 1.807) is 32.2 Å². The van der Waals surface area contributed by atoms with Crippen LogP contribution in [-0.2, 0) is 4.79 Å². The molecule has 1 unspecified atom stereocenters. The van der Waals surface area contributed by atoms with Crippen molar-refractivity contribution in [2.75, 3.05) is 13.7 Å². The first kappa shape index (κ1) is 16.2. The molecule has 1 atom stereocenters. The average Bonchev–Trinajstić information content (AvgIpc) is 2.43. The number of nitrogens with two attached hydrogens (primary N) is 1. The molecule has 1 aromatic carbocycles. The Balaban J connectivity index is 2.83. The molecule has 0 heterocycles. The molecule has 0 fully saturated rings. The number of ether oxygens (including phenoxy) is 2. The van der Waals surface area contributed by atoms with Crippen LogP contribution in [0.2, 0.25) is 0 Å². The van der Waals surface area contributed by atoms with Gasteiger partial charge < -0.3 is 20.5 Å². The van der Waals surface area contributed by atoms with Crippen molar-refractivity contribution in [3.63, 3.8) is 0 Å². The molecule has 20 heavy (non-hydrogen) atoms. The molecule has 5 nitrogen and oxygen atoms in total. The molecule has 0 aliphatic carbocycles. The maximum atomic E-state index is 11.8. The third kappa shape index (κ3) is 4.70. The van der Waals surface area contributed by atoms with Crippen LogP contribution in [0.5, 0.6) is 11.5 Å². The Hall–Kier alpha value is -1.82. The van der Waals surface area contributed by atoms with E-state index in [-0.39, 0.29) is 10.9 Å². The van der Waals surface area contributed by atoms with Gasteiger partial charge in [-0.15, -0.1) is 0 Å². The minimum Gasteiger partial charge on any atom is -0.497 e. The highest BCUT2D eigenvalue weighted by atomic mass is 32.1. The summed E-state index contributed by atoms with van der Waals surface area (Å²) in [5.41, 5.74) is 6.24. The first-order valence-corrected chi connectivity index (χ1v) is 6.82. The van der Waals surface area contributed by atoms with Gasteiger partial charge in [0.25, 0.3) is 5.91 Å². The zero-order valence-corrected chi connectivity index (χ0v) is 12.8. The predicted molar refractivity (Wildman–Crippen MR) is 82.3 cm³/mol. The number of carbonyl (C=O) groups excluding carboxylic acids is 1. The standard InChI is InChI=1S/C14H20N2O3S/c1-4-5-16-14(17)9(2)19-12-7-10(13(15)20)6-11(8-12)18-3/h6-9H,4-5H2,1-3H3,(H2,15,20)(H,16,17). The summed E-state index contributed by atoms with van der Waals surface area (Å²) in [5.74, 6) is 0.907. The number of hydrogen-bond donors (Lipinski definition) is 2. The third-order valence-electron chi connectivity index (χ3n) is 2.63. The molecule has 3 N–H and O–H groups in total. The lowest BCUT2D eigenvalue weighted by Crippen LogP contribution is -2.36. The molecule has 0 spiro atoms. The number of thiocarbonyl (C=S) groups is 1. The van der Waals surface area contributed by atoms with Gasteiger partial charge in [-0.3, -0.25) is 4.79 Å². The quantitative estimate of drug-likeness (QED) is 0.748. The van der Waals surface area contributed by atoms with E-state index < -0.39 is 6.10 Å². The number of methoxy groups -OCH3 is 1. The van der Waals surface area contributed by atoms with Gasteiger partial charge in [0.15, 0.2) is 6.10 Å². The van der Waals surface area contributed by atoms with Crippen LogP contribution in [0.1, 0.15) is 25.8 Å². The van der Waals surface area contributed by atoms with Crippen LogP contribution >= 0.6 is 12.2 Å². The molecular formula is C14H20N2O3S. The SMILES string of the molecule is CCCNC(=O)C(C)Oc1cc(OC)cc(C(N)=S)c1.